The van der Waals surface area contributed by atoms with Gasteiger partial charge in [0, 0.05) is 17.0 Å². The van der Waals surface area contributed by atoms with E-state index in [0.29, 0.717) is 22.8 Å². The summed E-state index contributed by atoms with van der Waals surface area (Å²) in [6, 6.07) is 3.36. The monoisotopic (exact) mass is 240 g/mol. The van der Waals surface area contributed by atoms with Gasteiger partial charge in [0.2, 0.25) is 0 Å². The van der Waals surface area contributed by atoms with E-state index in [9.17, 15) is 4.79 Å². The van der Waals surface area contributed by atoms with Gasteiger partial charge in [0.25, 0.3) is 0 Å². The highest BCUT2D eigenvalue weighted by molar-refractivity contribution is 6.31. The van der Waals surface area contributed by atoms with E-state index < -0.39 is 0 Å². The van der Waals surface area contributed by atoms with E-state index in [1.807, 2.05) is 13.8 Å². The first-order chi connectivity index (χ1) is 7.43. The third-order valence-electron chi connectivity index (χ3n) is 2.57. The van der Waals surface area contributed by atoms with Crippen LogP contribution < -0.4 is 4.74 Å². The van der Waals surface area contributed by atoms with Crippen molar-refractivity contribution >= 4 is 17.6 Å². The quantitative estimate of drug-likeness (QED) is 0.708. The Morgan fingerprint density at radius 3 is 2.81 bits per heavy atom. The Morgan fingerprint density at radius 2 is 2.19 bits per heavy atom. The molecule has 0 saturated carbocycles. The molecule has 0 saturated heterocycles. The van der Waals surface area contributed by atoms with Gasteiger partial charge in [-0.3, -0.25) is 0 Å². The zero-order chi connectivity index (χ0) is 11.9. The first-order valence-electron chi connectivity index (χ1n) is 5.03. The summed E-state index contributed by atoms with van der Waals surface area (Å²) in [4.78, 5) is 11.6. The molecule has 3 nitrogen and oxygen atoms in total. The number of benzene rings is 1. The molecule has 0 aliphatic carbocycles. The number of hydrogen-bond donors (Lipinski definition) is 0. The van der Waals surface area contributed by atoms with E-state index in [-0.39, 0.29) is 11.6 Å². The normalized spacial score (nSPS) is 16.5. The Bertz CT molecular complexity index is 452. The molecule has 86 valence electrons. The van der Waals surface area contributed by atoms with Crippen LogP contribution in [-0.4, -0.2) is 18.7 Å². The minimum Gasteiger partial charge on any atom is -0.487 e. The molecule has 0 N–H and O–H groups in total. The molecular weight excluding hydrogens is 228 g/mol. The third-order valence-corrected chi connectivity index (χ3v) is 2.79. The van der Waals surface area contributed by atoms with Gasteiger partial charge >= 0.3 is 5.97 Å². The van der Waals surface area contributed by atoms with Gasteiger partial charge in [0.15, 0.2) is 0 Å². The van der Waals surface area contributed by atoms with Crippen molar-refractivity contribution in [1.82, 2.24) is 0 Å². The highest BCUT2D eigenvalue weighted by Gasteiger charge is 2.33. The fourth-order valence-corrected chi connectivity index (χ4v) is 2.14. The van der Waals surface area contributed by atoms with Crippen LogP contribution in [0, 0.1) is 0 Å². The van der Waals surface area contributed by atoms with Crippen LogP contribution in [0.15, 0.2) is 12.1 Å². The summed E-state index contributed by atoms with van der Waals surface area (Å²) in [6.07, 6.45) is 0.684. The molecule has 1 aliphatic rings. The van der Waals surface area contributed by atoms with E-state index in [1.165, 1.54) is 7.11 Å². The van der Waals surface area contributed by atoms with Gasteiger partial charge in [0.05, 0.1) is 12.7 Å². The maximum Gasteiger partial charge on any atom is 0.338 e. The van der Waals surface area contributed by atoms with Crippen LogP contribution in [0.2, 0.25) is 5.02 Å². The van der Waals surface area contributed by atoms with E-state index in [1.54, 1.807) is 12.1 Å². The lowest BCUT2D eigenvalue weighted by molar-refractivity contribution is 0.0599. The molecule has 2 rings (SSSR count). The Hall–Kier alpha value is -1.22. The van der Waals surface area contributed by atoms with Crippen molar-refractivity contribution in [3.8, 4) is 5.75 Å². The molecule has 0 atom stereocenters. The van der Waals surface area contributed by atoms with Gasteiger partial charge < -0.3 is 9.47 Å². The molecule has 0 unspecified atom stereocenters. The SMILES string of the molecule is COC(=O)c1cc(Cl)cc2c1CC(C)(C)O2. The maximum absolute atomic E-state index is 11.6. The predicted octanol–water partition coefficient (Wildman–Crippen LogP) is 2.84. The van der Waals surface area contributed by atoms with Crippen LogP contribution >= 0.6 is 11.6 Å². The van der Waals surface area contributed by atoms with Crippen LogP contribution in [0.25, 0.3) is 0 Å². The fraction of sp³-hybridized carbons (Fsp3) is 0.417. The van der Waals surface area contributed by atoms with Crippen molar-refractivity contribution in [2.24, 2.45) is 0 Å². The number of carbonyl (C=O) groups is 1. The molecule has 1 aliphatic heterocycles. The highest BCUT2D eigenvalue weighted by Crippen LogP contribution is 2.39. The van der Waals surface area contributed by atoms with Crippen molar-refractivity contribution in [2.75, 3.05) is 7.11 Å². The molecule has 1 aromatic rings. The van der Waals surface area contributed by atoms with Gasteiger partial charge in [-0.05, 0) is 26.0 Å². The van der Waals surface area contributed by atoms with Crippen LogP contribution in [-0.2, 0) is 11.2 Å². The lowest BCUT2D eigenvalue weighted by atomic mass is 9.97. The fourth-order valence-electron chi connectivity index (χ4n) is 1.94. The lowest BCUT2D eigenvalue weighted by Gasteiger charge is -2.16. The number of halogens is 1. The Morgan fingerprint density at radius 1 is 1.50 bits per heavy atom. The second-order valence-electron chi connectivity index (χ2n) is 4.46. The second-order valence-corrected chi connectivity index (χ2v) is 4.90. The van der Waals surface area contributed by atoms with E-state index in [2.05, 4.69) is 0 Å². The van der Waals surface area contributed by atoms with Crippen LogP contribution in [0.3, 0.4) is 0 Å². The van der Waals surface area contributed by atoms with Crippen molar-refractivity contribution < 1.29 is 14.3 Å². The van der Waals surface area contributed by atoms with Crippen molar-refractivity contribution in [3.05, 3.63) is 28.3 Å². The minimum atomic E-state index is -0.375. The molecule has 0 spiro atoms. The summed E-state index contributed by atoms with van der Waals surface area (Å²) in [5.74, 6) is 0.304. The zero-order valence-corrected chi connectivity index (χ0v) is 10.2. The van der Waals surface area contributed by atoms with Gasteiger partial charge in [-0.25, -0.2) is 4.79 Å². The van der Waals surface area contributed by atoms with Gasteiger partial charge in [-0.1, -0.05) is 11.6 Å². The molecular formula is C12H13ClO3. The maximum atomic E-state index is 11.6. The summed E-state index contributed by atoms with van der Waals surface area (Å²) in [5.41, 5.74) is 1.08. The zero-order valence-electron chi connectivity index (χ0n) is 9.46. The number of carbonyl (C=O) groups excluding carboxylic acids is 1. The molecule has 16 heavy (non-hydrogen) atoms. The van der Waals surface area contributed by atoms with Crippen LogP contribution in [0.1, 0.15) is 29.8 Å². The first kappa shape index (κ1) is 11.3. The van der Waals surface area contributed by atoms with Gasteiger partial charge in [-0.15, -0.1) is 0 Å². The minimum absolute atomic E-state index is 0.296. The van der Waals surface area contributed by atoms with Crippen LogP contribution in [0.5, 0.6) is 5.75 Å². The molecule has 1 heterocycles. The largest absolute Gasteiger partial charge is 0.487 e. The molecule has 0 aromatic heterocycles. The number of hydrogen-bond acceptors (Lipinski definition) is 3. The highest BCUT2D eigenvalue weighted by atomic mass is 35.5. The Labute approximate surface area is 99.3 Å². The molecule has 0 amide bonds. The van der Waals surface area contributed by atoms with E-state index >= 15 is 0 Å². The van der Waals surface area contributed by atoms with E-state index in [0.717, 1.165) is 5.56 Å². The average molecular weight is 241 g/mol. The average Bonchev–Trinajstić information content (AvgIpc) is 2.49. The number of methoxy groups -OCH3 is 1. The predicted molar refractivity (Wildman–Crippen MR) is 61.2 cm³/mol. The van der Waals surface area contributed by atoms with Crippen LogP contribution in [0.4, 0.5) is 0 Å². The Kier molecular flexibility index (Phi) is 2.58. The molecule has 1 aromatic carbocycles. The summed E-state index contributed by atoms with van der Waals surface area (Å²) >= 11 is 5.93. The summed E-state index contributed by atoms with van der Waals surface area (Å²) in [6.45, 7) is 3.95. The first-order valence-corrected chi connectivity index (χ1v) is 5.40. The number of ether oxygens (including phenoxy) is 2. The topological polar surface area (TPSA) is 35.5 Å². The number of rotatable bonds is 1. The lowest BCUT2D eigenvalue weighted by Crippen LogP contribution is -2.25. The summed E-state index contributed by atoms with van der Waals surface area (Å²) in [7, 11) is 1.36. The molecule has 0 radical (unpaired) electrons. The Balaban J connectivity index is 2.53. The third kappa shape index (κ3) is 1.87. The number of esters is 1. The standard InChI is InChI=1S/C12H13ClO3/c1-12(2)6-9-8(11(14)15-3)4-7(13)5-10(9)16-12/h4-5H,6H2,1-3H3. The summed E-state index contributed by atoms with van der Waals surface area (Å²) in [5, 5.41) is 0.483. The molecule has 0 bridgehead atoms. The van der Waals surface area contributed by atoms with E-state index in [4.69, 9.17) is 21.1 Å². The van der Waals surface area contributed by atoms with Gasteiger partial charge in [-0.2, -0.15) is 0 Å². The number of fused-ring (bicyclic) bond motifs is 1. The van der Waals surface area contributed by atoms with Crippen molar-refractivity contribution in [3.63, 3.8) is 0 Å². The van der Waals surface area contributed by atoms with Crippen molar-refractivity contribution in [2.45, 2.75) is 25.9 Å². The summed E-state index contributed by atoms with van der Waals surface area (Å²) < 4.78 is 10.4. The second kappa shape index (κ2) is 3.67. The van der Waals surface area contributed by atoms with Crippen molar-refractivity contribution in [1.29, 1.82) is 0 Å². The molecule has 4 heteroatoms. The molecule has 0 fully saturated rings. The van der Waals surface area contributed by atoms with Gasteiger partial charge in [0.1, 0.15) is 11.4 Å². The smallest absolute Gasteiger partial charge is 0.338 e.